The van der Waals surface area contributed by atoms with Crippen LogP contribution in [0, 0.1) is 0 Å². The second-order valence-electron chi connectivity index (χ2n) is 6.41. The highest BCUT2D eigenvalue weighted by molar-refractivity contribution is 6.06. The number of aliphatic carboxylic acids is 1. The van der Waals surface area contributed by atoms with Gasteiger partial charge in [0.05, 0.1) is 5.56 Å². The topological polar surface area (TPSA) is 57.6 Å². The van der Waals surface area contributed by atoms with Crippen LogP contribution in [-0.4, -0.2) is 23.5 Å². The number of benzene rings is 2. The van der Waals surface area contributed by atoms with Crippen LogP contribution >= 0.6 is 0 Å². The standard InChI is InChI=1S/C21H22F3NO3/c1-2-13-25(18-11-4-3-7-15(18)8-6-12-19(26)27)20(28)16-9-5-10-17(14-16)21(22,23)24/h3-5,7,9-11,14H,2,6,8,12-13H2,1H3,(H,26,27). The van der Waals surface area contributed by atoms with Crippen molar-refractivity contribution in [3.05, 3.63) is 65.2 Å². The lowest BCUT2D eigenvalue weighted by molar-refractivity contribution is -0.138. The summed E-state index contributed by atoms with van der Waals surface area (Å²) in [5.74, 6) is -1.42. The Labute approximate surface area is 161 Å². The van der Waals surface area contributed by atoms with Crippen molar-refractivity contribution in [2.24, 2.45) is 0 Å². The van der Waals surface area contributed by atoms with Gasteiger partial charge in [0.2, 0.25) is 0 Å². The van der Waals surface area contributed by atoms with Gasteiger partial charge in [0.25, 0.3) is 5.91 Å². The summed E-state index contributed by atoms with van der Waals surface area (Å²) in [6, 6.07) is 11.5. The third kappa shape index (κ3) is 5.58. The van der Waals surface area contributed by atoms with Crippen LogP contribution in [0.1, 0.15) is 47.7 Å². The molecular weight excluding hydrogens is 371 g/mol. The number of alkyl halides is 3. The number of carbonyl (C=O) groups is 2. The summed E-state index contributed by atoms with van der Waals surface area (Å²) in [7, 11) is 0. The van der Waals surface area contributed by atoms with Crippen LogP contribution in [0.2, 0.25) is 0 Å². The van der Waals surface area contributed by atoms with Gasteiger partial charge in [-0.1, -0.05) is 31.2 Å². The van der Waals surface area contributed by atoms with Crippen LogP contribution in [0.4, 0.5) is 18.9 Å². The molecule has 0 fully saturated rings. The molecule has 0 heterocycles. The highest BCUT2D eigenvalue weighted by Crippen LogP contribution is 2.31. The Balaban J connectivity index is 2.35. The highest BCUT2D eigenvalue weighted by atomic mass is 19.4. The van der Waals surface area contributed by atoms with Crippen molar-refractivity contribution in [3.8, 4) is 0 Å². The predicted octanol–water partition coefficient (Wildman–Crippen LogP) is 5.17. The Morgan fingerprint density at radius 3 is 2.43 bits per heavy atom. The minimum atomic E-state index is -4.53. The first kappa shape index (κ1) is 21.5. The molecule has 0 aliphatic rings. The summed E-state index contributed by atoms with van der Waals surface area (Å²) in [6.07, 6.45) is -3.04. The van der Waals surface area contributed by atoms with Gasteiger partial charge >= 0.3 is 12.1 Å². The second kappa shape index (κ2) is 9.39. The minimum Gasteiger partial charge on any atom is -0.481 e. The van der Waals surface area contributed by atoms with E-state index >= 15 is 0 Å². The van der Waals surface area contributed by atoms with Crippen LogP contribution in [0.25, 0.3) is 0 Å². The Morgan fingerprint density at radius 1 is 1.07 bits per heavy atom. The fourth-order valence-electron chi connectivity index (χ4n) is 2.96. The van der Waals surface area contributed by atoms with Crippen LogP contribution in [0.3, 0.4) is 0 Å². The Kier molecular flexibility index (Phi) is 7.20. The van der Waals surface area contributed by atoms with E-state index in [0.717, 1.165) is 17.7 Å². The number of amides is 1. The van der Waals surface area contributed by atoms with Crippen molar-refractivity contribution in [2.45, 2.75) is 38.8 Å². The van der Waals surface area contributed by atoms with Crippen LogP contribution in [0.15, 0.2) is 48.5 Å². The molecule has 0 spiro atoms. The van der Waals surface area contributed by atoms with E-state index in [-0.39, 0.29) is 12.0 Å². The van der Waals surface area contributed by atoms with Crippen LogP contribution < -0.4 is 4.90 Å². The fraction of sp³-hybridized carbons (Fsp3) is 0.333. The quantitative estimate of drug-likeness (QED) is 0.673. The van der Waals surface area contributed by atoms with Gasteiger partial charge in [-0.3, -0.25) is 9.59 Å². The molecule has 0 radical (unpaired) electrons. The van der Waals surface area contributed by atoms with E-state index in [4.69, 9.17) is 5.11 Å². The molecule has 2 aromatic carbocycles. The van der Waals surface area contributed by atoms with Gasteiger partial charge in [-0.2, -0.15) is 13.2 Å². The molecule has 7 heteroatoms. The van der Waals surface area contributed by atoms with Crippen molar-refractivity contribution in [1.82, 2.24) is 0 Å². The van der Waals surface area contributed by atoms with E-state index in [9.17, 15) is 22.8 Å². The number of hydrogen-bond acceptors (Lipinski definition) is 2. The smallest absolute Gasteiger partial charge is 0.416 e. The molecule has 4 nitrogen and oxygen atoms in total. The van der Waals surface area contributed by atoms with E-state index in [0.29, 0.717) is 31.5 Å². The summed E-state index contributed by atoms with van der Waals surface area (Å²) < 4.78 is 39.0. The number of carbonyl (C=O) groups excluding carboxylic acids is 1. The number of halogens is 3. The SMILES string of the molecule is CCCN(C(=O)c1cccc(C(F)(F)F)c1)c1ccccc1CCCC(=O)O. The molecule has 0 atom stereocenters. The highest BCUT2D eigenvalue weighted by Gasteiger charge is 2.31. The number of para-hydroxylation sites is 1. The number of carboxylic acid groups (broad SMARTS) is 1. The maximum absolute atomic E-state index is 13.0. The number of hydrogen-bond donors (Lipinski definition) is 1. The normalized spacial score (nSPS) is 11.3. The molecule has 0 aliphatic heterocycles. The first-order valence-corrected chi connectivity index (χ1v) is 9.03. The monoisotopic (exact) mass is 393 g/mol. The number of carboxylic acids is 1. The van der Waals surface area contributed by atoms with Crippen LogP contribution in [-0.2, 0) is 17.4 Å². The lowest BCUT2D eigenvalue weighted by atomic mass is 10.0. The fourth-order valence-corrected chi connectivity index (χ4v) is 2.96. The zero-order valence-corrected chi connectivity index (χ0v) is 15.5. The summed E-state index contributed by atoms with van der Waals surface area (Å²) >= 11 is 0. The first-order valence-electron chi connectivity index (χ1n) is 9.03. The molecule has 2 rings (SSSR count). The summed E-state index contributed by atoms with van der Waals surface area (Å²) in [6.45, 7) is 2.21. The van der Waals surface area contributed by atoms with Crippen molar-refractivity contribution in [2.75, 3.05) is 11.4 Å². The maximum atomic E-state index is 13.0. The molecule has 0 bridgehead atoms. The van der Waals surface area contributed by atoms with Gasteiger partial charge in [-0.25, -0.2) is 0 Å². The van der Waals surface area contributed by atoms with Gasteiger partial charge in [-0.05, 0) is 49.1 Å². The van der Waals surface area contributed by atoms with E-state index in [2.05, 4.69) is 0 Å². The number of anilines is 1. The lowest BCUT2D eigenvalue weighted by Crippen LogP contribution is -2.32. The van der Waals surface area contributed by atoms with E-state index in [1.165, 1.54) is 17.0 Å². The molecule has 0 aromatic heterocycles. The van der Waals surface area contributed by atoms with Crippen LogP contribution in [0.5, 0.6) is 0 Å². The van der Waals surface area contributed by atoms with Gasteiger partial charge in [0.15, 0.2) is 0 Å². The third-order valence-electron chi connectivity index (χ3n) is 4.25. The van der Waals surface area contributed by atoms with E-state index in [1.807, 2.05) is 6.92 Å². The zero-order valence-electron chi connectivity index (χ0n) is 15.5. The molecule has 1 N–H and O–H groups in total. The molecule has 28 heavy (non-hydrogen) atoms. The first-order chi connectivity index (χ1) is 13.2. The zero-order chi connectivity index (χ0) is 20.7. The van der Waals surface area contributed by atoms with Crippen molar-refractivity contribution >= 4 is 17.6 Å². The molecule has 0 saturated heterocycles. The molecule has 1 amide bonds. The molecule has 0 aliphatic carbocycles. The van der Waals surface area contributed by atoms with Gasteiger partial charge < -0.3 is 10.0 Å². The lowest BCUT2D eigenvalue weighted by Gasteiger charge is -2.25. The van der Waals surface area contributed by atoms with E-state index < -0.39 is 23.6 Å². The van der Waals surface area contributed by atoms with Crippen molar-refractivity contribution in [3.63, 3.8) is 0 Å². The Morgan fingerprint density at radius 2 is 1.79 bits per heavy atom. The average molecular weight is 393 g/mol. The van der Waals surface area contributed by atoms with Gasteiger partial charge in [0.1, 0.15) is 0 Å². The molecule has 150 valence electrons. The summed E-state index contributed by atoms with van der Waals surface area (Å²) in [5.41, 5.74) is 0.475. The summed E-state index contributed by atoms with van der Waals surface area (Å²) in [4.78, 5) is 25.2. The second-order valence-corrected chi connectivity index (χ2v) is 6.41. The third-order valence-corrected chi connectivity index (χ3v) is 4.25. The Bertz CT molecular complexity index is 834. The molecule has 0 saturated carbocycles. The number of nitrogens with zero attached hydrogens (tertiary/aromatic N) is 1. The Hall–Kier alpha value is -2.83. The maximum Gasteiger partial charge on any atom is 0.416 e. The van der Waals surface area contributed by atoms with Gasteiger partial charge in [0, 0.05) is 24.2 Å². The van der Waals surface area contributed by atoms with E-state index in [1.54, 1.807) is 24.3 Å². The number of rotatable bonds is 8. The summed E-state index contributed by atoms with van der Waals surface area (Å²) in [5, 5.41) is 8.83. The largest absolute Gasteiger partial charge is 0.481 e. The molecule has 2 aromatic rings. The van der Waals surface area contributed by atoms with Crippen molar-refractivity contribution in [1.29, 1.82) is 0 Å². The minimum absolute atomic E-state index is 0.00366. The van der Waals surface area contributed by atoms with Gasteiger partial charge in [-0.15, -0.1) is 0 Å². The predicted molar refractivity (Wildman–Crippen MR) is 100 cm³/mol. The van der Waals surface area contributed by atoms with Crippen molar-refractivity contribution < 1.29 is 27.9 Å². The molecule has 0 unspecified atom stereocenters. The molecular formula is C21H22F3NO3. The average Bonchev–Trinajstić information content (AvgIpc) is 2.65. The number of aryl methyl sites for hydroxylation is 1.